The Balaban J connectivity index is 2.82. The van der Waals surface area contributed by atoms with Crippen molar-refractivity contribution in [1.29, 1.82) is 0 Å². The molecule has 0 aliphatic carbocycles. The molecule has 6 heteroatoms. The molecule has 6 nitrogen and oxygen atoms in total. The molecule has 0 spiro atoms. The van der Waals surface area contributed by atoms with E-state index in [4.69, 9.17) is 15.2 Å². The number of hydrogen-bond donors (Lipinski definition) is 2. The van der Waals surface area contributed by atoms with E-state index in [0.29, 0.717) is 18.1 Å². The second kappa shape index (κ2) is 9.60. The van der Waals surface area contributed by atoms with Gasteiger partial charge in [-0.1, -0.05) is 26.3 Å². The van der Waals surface area contributed by atoms with Crippen LogP contribution in [-0.4, -0.2) is 31.6 Å². The first-order valence-electron chi connectivity index (χ1n) is 8.01. The van der Waals surface area contributed by atoms with Crippen LogP contribution in [0.5, 0.6) is 11.5 Å². The van der Waals surface area contributed by atoms with Crippen molar-refractivity contribution >= 4 is 17.9 Å². The van der Waals surface area contributed by atoms with Crippen molar-refractivity contribution in [3.05, 3.63) is 29.8 Å². The van der Waals surface area contributed by atoms with Gasteiger partial charge in [0.05, 0.1) is 13.7 Å². The molecule has 0 aromatic heterocycles. The van der Waals surface area contributed by atoms with E-state index in [9.17, 15) is 9.59 Å². The van der Waals surface area contributed by atoms with Gasteiger partial charge in [-0.2, -0.15) is 0 Å². The van der Waals surface area contributed by atoms with Gasteiger partial charge in [0.25, 0.3) is 0 Å². The second-order valence-corrected chi connectivity index (χ2v) is 5.45. The molecule has 0 bridgehead atoms. The number of benzene rings is 1. The standard InChI is InChI=1S/C18H26N2O4/c1-5-12(3)17(18(19)22)20-16(21)10-8-13-7-9-14(23-4)15(11-13)24-6-2/h7-12,17H,5-6H2,1-4H3,(H2,19,22)(H,20,21). The van der Waals surface area contributed by atoms with Crippen LogP contribution in [0.2, 0.25) is 0 Å². The molecule has 2 amide bonds. The first-order chi connectivity index (χ1) is 11.4. The van der Waals surface area contributed by atoms with Gasteiger partial charge in [0.2, 0.25) is 11.8 Å². The average molecular weight is 334 g/mol. The molecule has 0 aliphatic heterocycles. The Morgan fingerprint density at radius 1 is 1.29 bits per heavy atom. The lowest BCUT2D eigenvalue weighted by atomic mass is 9.98. The minimum atomic E-state index is -0.679. The third kappa shape index (κ3) is 5.61. The van der Waals surface area contributed by atoms with Crippen LogP contribution < -0.4 is 20.5 Å². The first-order valence-corrected chi connectivity index (χ1v) is 8.01. The summed E-state index contributed by atoms with van der Waals surface area (Å²) in [4.78, 5) is 23.5. The average Bonchev–Trinajstić information content (AvgIpc) is 2.57. The van der Waals surface area contributed by atoms with E-state index in [1.54, 1.807) is 25.3 Å². The minimum absolute atomic E-state index is 0.0228. The quantitative estimate of drug-likeness (QED) is 0.677. The molecule has 1 rings (SSSR count). The summed E-state index contributed by atoms with van der Waals surface area (Å²) in [5.74, 6) is 0.314. The summed E-state index contributed by atoms with van der Waals surface area (Å²) in [5, 5.41) is 2.64. The maximum atomic E-state index is 12.0. The molecule has 2 unspecified atom stereocenters. The fourth-order valence-corrected chi connectivity index (χ4v) is 2.17. The molecular formula is C18H26N2O4. The van der Waals surface area contributed by atoms with Gasteiger partial charge in [0, 0.05) is 6.08 Å². The van der Waals surface area contributed by atoms with E-state index in [2.05, 4.69) is 5.32 Å². The summed E-state index contributed by atoms with van der Waals surface area (Å²) in [6, 6.07) is 4.69. The number of methoxy groups -OCH3 is 1. The van der Waals surface area contributed by atoms with Gasteiger partial charge in [-0.3, -0.25) is 9.59 Å². The Hall–Kier alpha value is -2.50. The minimum Gasteiger partial charge on any atom is -0.493 e. The van der Waals surface area contributed by atoms with Crippen LogP contribution in [0.25, 0.3) is 6.08 Å². The van der Waals surface area contributed by atoms with Crippen molar-refractivity contribution in [2.75, 3.05) is 13.7 Å². The number of rotatable bonds is 9. The van der Waals surface area contributed by atoms with Crippen LogP contribution in [0, 0.1) is 5.92 Å². The van der Waals surface area contributed by atoms with Gasteiger partial charge in [-0.05, 0) is 36.6 Å². The van der Waals surface area contributed by atoms with Crippen molar-refractivity contribution in [2.45, 2.75) is 33.2 Å². The zero-order valence-electron chi connectivity index (χ0n) is 14.7. The molecule has 0 saturated carbocycles. The van der Waals surface area contributed by atoms with E-state index >= 15 is 0 Å². The van der Waals surface area contributed by atoms with Gasteiger partial charge in [-0.25, -0.2) is 0 Å². The number of ether oxygens (including phenoxy) is 2. The maximum Gasteiger partial charge on any atom is 0.244 e. The molecule has 1 aromatic carbocycles. The molecule has 0 aliphatic rings. The Morgan fingerprint density at radius 2 is 2.00 bits per heavy atom. The smallest absolute Gasteiger partial charge is 0.244 e. The number of hydrogen-bond acceptors (Lipinski definition) is 4. The number of amides is 2. The number of carbonyl (C=O) groups is 2. The van der Waals surface area contributed by atoms with Crippen LogP contribution in [-0.2, 0) is 9.59 Å². The van der Waals surface area contributed by atoms with Gasteiger partial charge in [-0.15, -0.1) is 0 Å². The summed E-state index contributed by atoms with van der Waals surface area (Å²) < 4.78 is 10.7. The Bertz CT molecular complexity index is 599. The second-order valence-electron chi connectivity index (χ2n) is 5.45. The molecule has 132 valence electrons. The third-order valence-electron chi connectivity index (χ3n) is 3.73. The zero-order valence-corrected chi connectivity index (χ0v) is 14.7. The fourth-order valence-electron chi connectivity index (χ4n) is 2.17. The van der Waals surface area contributed by atoms with E-state index < -0.39 is 11.9 Å². The number of carbonyl (C=O) groups excluding carboxylic acids is 2. The molecule has 0 radical (unpaired) electrons. The summed E-state index contributed by atoms with van der Waals surface area (Å²) in [6.07, 6.45) is 3.76. The summed E-state index contributed by atoms with van der Waals surface area (Å²) in [7, 11) is 1.57. The van der Waals surface area contributed by atoms with Crippen LogP contribution in [0.4, 0.5) is 0 Å². The van der Waals surface area contributed by atoms with Crippen LogP contribution in [0.15, 0.2) is 24.3 Å². The highest BCUT2D eigenvalue weighted by molar-refractivity contribution is 5.95. The predicted octanol–water partition coefficient (Wildman–Crippen LogP) is 2.12. The zero-order chi connectivity index (χ0) is 18.1. The lowest BCUT2D eigenvalue weighted by molar-refractivity contribution is -0.126. The van der Waals surface area contributed by atoms with E-state index in [-0.39, 0.29) is 11.8 Å². The van der Waals surface area contributed by atoms with E-state index in [0.717, 1.165) is 12.0 Å². The molecule has 0 saturated heterocycles. The molecule has 2 atom stereocenters. The fraction of sp³-hybridized carbons (Fsp3) is 0.444. The van der Waals surface area contributed by atoms with Crippen molar-refractivity contribution in [3.8, 4) is 11.5 Å². The molecule has 3 N–H and O–H groups in total. The highest BCUT2D eigenvalue weighted by Gasteiger charge is 2.22. The largest absolute Gasteiger partial charge is 0.493 e. The van der Waals surface area contributed by atoms with E-state index in [1.165, 1.54) is 6.08 Å². The molecule has 24 heavy (non-hydrogen) atoms. The Morgan fingerprint density at radius 3 is 2.54 bits per heavy atom. The normalized spacial score (nSPS) is 13.3. The van der Waals surface area contributed by atoms with Crippen molar-refractivity contribution < 1.29 is 19.1 Å². The number of nitrogens with two attached hydrogens (primary N) is 1. The maximum absolute atomic E-state index is 12.0. The van der Waals surface area contributed by atoms with E-state index in [1.807, 2.05) is 26.8 Å². The lowest BCUT2D eigenvalue weighted by Gasteiger charge is -2.20. The molecular weight excluding hydrogens is 308 g/mol. The van der Waals surface area contributed by atoms with Crippen LogP contribution in [0.3, 0.4) is 0 Å². The first kappa shape index (κ1) is 19.5. The third-order valence-corrected chi connectivity index (χ3v) is 3.73. The van der Waals surface area contributed by atoms with Gasteiger partial charge < -0.3 is 20.5 Å². The Kier molecular flexibility index (Phi) is 7.82. The SMILES string of the molecule is CCOc1cc(C=CC(=O)NC(C(N)=O)C(C)CC)ccc1OC. The predicted molar refractivity (Wildman–Crippen MR) is 93.8 cm³/mol. The highest BCUT2D eigenvalue weighted by atomic mass is 16.5. The van der Waals surface area contributed by atoms with Crippen molar-refractivity contribution in [2.24, 2.45) is 11.7 Å². The van der Waals surface area contributed by atoms with Crippen molar-refractivity contribution in [1.82, 2.24) is 5.32 Å². The molecule has 0 fully saturated rings. The summed E-state index contributed by atoms with van der Waals surface area (Å²) >= 11 is 0. The van der Waals surface area contributed by atoms with Gasteiger partial charge >= 0.3 is 0 Å². The summed E-state index contributed by atoms with van der Waals surface area (Å²) in [6.45, 7) is 6.21. The van der Waals surface area contributed by atoms with Crippen molar-refractivity contribution in [3.63, 3.8) is 0 Å². The molecule has 0 heterocycles. The highest BCUT2D eigenvalue weighted by Crippen LogP contribution is 2.28. The lowest BCUT2D eigenvalue weighted by Crippen LogP contribution is -2.47. The van der Waals surface area contributed by atoms with Gasteiger partial charge in [0.1, 0.15) is 6.04 Å². The summed E-state index contributed by atoms with van der Waals surface area (Å²) in [5.41, 5.74) is 6.13. The topological polar surface area (TPSA) is 90.6 Å². The molecule has 1 aromatic rings. The number of primary amides is 1. The van der Waals surface area contributed by atoms with Crippen LogP contribution >= 0.6 is 0 Å². The van der Waals surface area contributed by atoms with Crippen LogP contribution in [0.1, 0.15) is 32.8 Å². The number of nitrogens with one attached hydrogen (secondary N) is 1. The van der Waals surface area contributed by atoms with Gasteiger partial charge in [0.15, 0.2) is 11.5 Å². The monoisotopic (exact) mass is 334 g/mol. The Labute approximate surface area is 143 Å².